The van der Waals surface area contributed by atoms with Crippen molar-refractivity contribution in [2.75, 3.05) is 24.7 Å². The Morgan fingerprint density at radius 3 is 2.59 bits per heavy atom. The van der Waals surface area contributed by atoms with Crippen molar-refractivity contribution in [1.82, 2.24) is 23.6 Å². The molecule has 0 atom stereocenters. The average molecular weight is 613 g/mol. The zero-order valence-corrected chi connectivity index (χ0v) is 24.9. The number of nitrogens with zero attached hydrogens (tertiary/aromatic N) is 5. The molecule has 0 spiro atoms. The monoisotopic (exact) mass is 612 g/mol. The van der Waals surface area contributed by atoms with Gasteiger partial charge in [-0.1, -0.05) is 41.7 Å². The zero-order valence-electron chi connectivity index (χ0n) is 20.9. The van der Waals surface area contributed by atoms with Gasteiger partial charge in [-0.3, -0.25) is 4.98 Å². The molecule has 1 saturated heterocycles. The van der Waals surface area contributed by atoms with Crippen LogP contribution in [0.4, 0.5) is 10.9 Å². The number of aromatic nitrogens is 4. The van der Waals surface area contributed by atoms with Gasteiger partial charge in [0.05, 0.1) is 21.4 Å². The maximum Gasteiger partial charge on any atom is 0.211 e. The summed E-state index contributed by atoms with van der Waals surface area (Å²) in [4.78, 5) is 18.3. The van der Waals surface area contributed by atoms with Crippen LogP contribution in [0.1, 0.15) is 24.6 Å². The van der Waals surface area contributed by atoms with Crippen LogP contribution < -0.4 is 5.32 Å². The van der Waals surface area contributed by atoms with Gasteiger partial charge in [-0.2, -0.15) is 4.37 Å². The van der Waals surface area contributed by atoms with E-state index in [9.17, 15) is 8.42 Å². The number of sulfonamides is 1. The molecule has 0 amide bonds. The Morgan fingerprint density at radius 1 is 1.00 bits per heavy atom. The second-order valence-corrected chi connectivity index (χ2v) is 14.9. The Balaban J connectivity index is 1.23. The van der Waals surface area contributed by atoms with Crippen molar-refractivity contribution >= 4 is 77.6 Å². The number of thiophene rings is 1. The number of pyridine rings is 2. The Labute approximate surface area is 243 Å². The zero-order chi connectivity index (χ0) is 26.8. The van der Waals surface area contributed by atoms with Crippen molar-refractivity contribution < 1.29 is 8.42 Å². The molecule has 13 heteroatoms. The minimum atomic E-state index is -3.16. The molecule has 1 aliphatic rings. The average Bonchev–Trinajstić information content (AvgIpc) is 3.61. The lowest BCUT2D eigenvalue weighted by Gasteiger charge is -2.28. The van der Waals surface area contributed by atoms with E-state index >= 15 is 0 Å². The number of piperidine rings is 1. The number of anilines is 2. The highest BCUT2D eigenvalue weighted by molar-refractivity contribution is 8.00. The fourth-order valence-electron chi connectivity index (χ4n) is 4.32. The fraction of sp³-hybridized carbons (Fsp3) is 0.231. The quantitative estimate of drug-likeness (QED) is 0.204. The lowest BCUT2D eigenvalue weighted by molar-refractivity contribution is 0.316. The summed E-state index contributed by atoms with van der Waals surface area (Å²) in [5, 5.41) is 6.13. The highest BCUT2D eigenvalue weighted by Crippen LogP contribution is 2.40. The van der Waals surface area contributed by atoms with E-state index in [1.165, 1.54) is 26.8 Å². The second kappa shape index (κ2) is 11.5. The van der Waals surface area contributed by atoms with Crippen molar-refractivity contribution in [1.29, 1.82) is 0 Å². The van der Waals surface area contributed by atoms with Gasteiger partial charge in [0.15, 0.2) is 0 Å². The van der Waals surface area contributed by atoms with Crippen LogP contribution in [0.15, 0.2) is 85.9 Å². The van der Waals surface area contributed by atoms with Crippen molar-refractivity contribution in [3.63, 3.8) is 0 Å². The molecule has 5 heterocycles. The Morgan fingerprint density at radius 2 is 1.79 bits per heavy atom. The highest BCUT2D eigenvalue weighted by Gasteiger charge is 2.28. The van der Waals surface area contributed by atoms with Gasteiger partial charge < -0.3 is 5.32 Å². The van der Waals surface area contributed by atoms with Crippen LogP contribution in [0.5, 0.6) is 0 Å². The molecule has 4 aromatic heterocycles. The summed E-state index contributed by atoms with van der Waals surface area (Å²) in [6.45, 7) is 0.999. The largest absolute Gasteiger partial charge is 0.314 e. The van der Waals surface area contributed by atoms with Crippen molar-refractivity contribution in [3.8, 4) is 0 Å². The fourth-order valence-corrected chi connectivity index (χ4v) is 8.74. The molecule has 0 aliphatic carbocycles. The first kappa shape index (κ1) is 26.7. The van der Waals surface area contributed by atoms with E-state index in [0.717, 1.165) is 49.6 Å². The van der Waals surface area contributed by atoms with Crippen molar-refractivity contribution in [2.24, 2.45) is 0 Å². The van der Waals surface area contributed by atoms with Crippen molar-refractivity contribution in [2.45, 2.75) is 38.3 Å². The lowest BCUT2D eigenvalue weighted by atomic mass is 9.98. The lowest BCUT2D eigenvalue weighted by Crippen LogP contribution is -2.37. The molecule has 39 heavy (non-hydrogen) atoms. The normalized spacial score (nSPS) is 15.1. The molecule has 8 nitrogen and oxygen atoms in total. The van der Waals surface area contributed by atoms with E-state index in [2.05, 4.69) is 38.3 Å². The van der Waals surface area contributed by atoms with Crippen LogP contribution in [-0.2, 0) is 10.0 Å². The minimum Gasteiger partial charge on any atom is -0.314 e. The van der Waals surface area contributed by atoms with Crippen molar-refractivity contribution in [3.05, 3.63) is 72.1 Å². The predicted octanol–water partition coefficient (Wildman–Crippen LogP) is 6.73. The molecule has 0 radical (unpaired) electrons. The number of rotatable bonds is 8. The van der Waals surface area contributed by atoms with Gasteiger partial charge >= 0.3 is 0 Å². The molecular weight excluding hydrogens is 589 g/mol. The third-order valence-electron chi connectivity index (χ3n) is 6.29. The number of hydrogen-bond acceptors (Lipinski definition) is 11. The molecule has 0 saturated carbocycles. The van der Waals surface area contributed by atoms with E-state index in [1.807, 2.05) is 42.7 Å². The van der Waals surface area contributed by atoms with Gasteiger partial charge in [-0.05, 0) is 48.6 Å². The molecule has 200 valence electrons. The molecule has 1 fully saturated rings. The molecule has 1 aromatic carbocycles. The molecule has 0 unspecified atom stereocenters. The Kier molecular flexibility index (Phi) is 7.87. The van der Waals surface area contributed by atoms with Gasteiger partial charge in [0.1, 0.15) is 11.6 Å². The first-order chi connectivity index (χ1) is 18.9. The van der Waals surface area contributed by atoms with Crippen LogP contribution >= 0.6 is 46.4 Å². The van der Waals surface area contributed by atoms with Crippen LogP contribution in [0.2, 0.25) is 0 Å². The summed E-state index contributed by atoms with van der Waals surface area (Å²) in [6, 6.07) is 16.5. The van der Waals surface area contributed by atoms with Gasteiger partial charge in [-0.15, -0.1) is 11.3 Å². The van der Waals surface area contributed by atoms with E-state index in [0.29, 0.717) is 18.2 Å². The van der Waals surface area contributed by atoms with Crippen LogP contribution in [-0.4, -0.2) is 51.4 Å². The summed E-state index contributed by atoms with van der Waals surface area (Å²) in [5.41, 5.74) is 1.00. The Hall–Kier alpha value is -2.55. The summed E-state index contributed by atoms with van der Waals surface area (Å²) < 4.78 is 31.0. The number of hydrogen-bond donors (Lipinski definition) is 1. The summed E-state index contributed by atoms with van der Waals surface area (Å²) in [7, 11) is -3.16. The number of benzene rings is 1. The molecule has 0 bridgehead atoms. The smallest absolute Gasteiger partial charge is 0.211 e. The Bertz CT molecular complexity index is 1700. The second-order valence-electron chi connectivity index (χ2n) is 9.00. The standard InChI is InChI=1S/C26H24N6O2S5/c1-39(33,34)32-12-8-17(9-13-32)24-29-26(38-31-24)30-25-22(36-18-5-3-2-4-6-18)15-19(16-28-25)37-21-7-11-27-20-10-14-35-23(20)21/h2-7,10-11,14-17H,8-9,12-13H2,1H3,(H,28,29,30,31). The van der Waals surface area contributed by atoms with E-state index in [-0.39, 0.29) is 5.92 Å². The minimum absolute atomic E-state index is 0.147. The first-order valence-corrected chi connectivity index (χ1v) is 17.3. The maximum atomic E-state index is 11.8. The summed E-state index contributed by atoms with van der Waals surface area (Å²) >= 11 is 6.32. The van der Waals surface area contributed by atoms with Crippen LogP contribution in [0.3, 0.4) is 0 Å². The molecule has 1 N–H and O–H groups in total. The van der Waals surface area contributed by atoms with E-state index in [1.54, 1.807) is 34.9 Å². The van der Waals surface area contributed by atoms with Crippen LogP contribution in [0.25, 0.3) is 10.2 Å². The molecular formula is C26H24N6O2S5. The molecule has 1 aliphatic heterocycles. The highest BCUT2D eigenvalue weighted by atomic mass is 32.2. The third kappa shape index (κ3) is 6.28. The maximum absolute atomic E-state index is 11.8. The number of fused-ring (bicyclic) bond motifs is 1. The van der Waals surface area contributed by atoms with Gasteiger partial charge in [0, 0.05) is 57.6 Å². The topological polar surface area (TPSA) is 101 Å². The van der Waals surface area contributed by atoms with Gasteiger partial charge in [0.25, 0.3) is 0 Å². The summed E-state index contributed by atoms with van der Waals surface area (Å²) in [6.07, 6.45) is 6.42. The number of nitrogens with one attached hydrogen (secondary N) is 1. The molecule has 6 rings (SSSR count). The van der Waals surface area contributed by atoms with E-state index < -0.39 is 10.0 Å². The SMILES string of the molecule is CS(=O)(=O)N1CCC(c2nsc(Nc3ncc(Sc4ccnc5ccsc45)cc3Sc3ccccc3)n2)CC1. The van der Waals surface area contributed by atoms with E-state index in [4.69, 9.17) is 9.97 Å². The van der Waals surface area contributed by atoms with Gasteiger partial charge in [-0.25, -0.2) is 22.7 Å². The molecule has 5 aromatic rings. The summed E-state index contributed by atoms with van der Waals surface area (Å²) in [5.74, 6) is 1.63. The van der Waals surface area contributed by atoms with Crippen LogP contribution in [0, 0.1) is 0 Å². The third-order valence-corrected chi connectivity index (χ3v) is 11.4. The predicted molar refractivity (Wildman–Crippen MR) is 160 cm³/mol. The van der Waals surface area contributed by atoms with Gasteiger partial charge in [0.2, 0.25) is 15.2 Å². The first-order valence-electron chi connectivity index (χ1n) is 12.2.